The van der Waals surface area contributed by atoms with E-state index in [1.165, 1.54) is 32.1 Å². The zero-order chi connectivity index (χ0) is 13.5. The summed E-state index contributed by atoms with van der Waals surface area (Å²) < 4.78 is 0. The Morgan fingerprint density at radius 2 is 1.89 bits per heavy atom. The fraction of sp³-hybridized carbons (Fsp3) is 0.562. The highest BCUT2D eigenvalue weighted by atomic mass is 16.2. The van der Waals surface area contributed by atoms with Gasteiger partial charge in [-0.25, -0.2) is 4.79 Å². The Bertz CT molecular complexity index is 385. The standard InChI is InChI=1S/C16H24N2O/c1-18(15-10-6-3-7-11-15)16(19)17-13-12-14-8-4-2-5-9-14/h3,6-7,10-11,14H,2,4-5,8-9,12-13H2,1H3,(H,17,19). The van der Waals surface area contributed by atoms with Crippen LogP contribution in [0.15, 0.2) is 30.3 Å². The summed E-state index contributed by atoms with van der Waals surface area (Å²) in [6.07, 6.45) is 7.91. The maximum Gasteiger partial charge on any atom is 0.321 e. The van der Waals surface area contributed by atoms with Crippen LogP contribution < -0.4 is 10.2 Å². The van der Waals surface area contributed by atoms with Crippen molar-refractivity contribution >= 4 is 11.7 Å². The second kappa shape index (κ2) is 7.17. The maximum atomic E-state index is 12.0. The van der Waals surface area contributed by atoms with Gasteiger partial charge in [-0.1, -0.05) is 50.3 Å². The molecule has 1 aromatic carbocycles. The van der Waals surface area contributed by atoms with Crippen molar-refractivity contribution in [2.24, 2.45) is 5.92 Å². The number of amides is 2. The Hall–Kier alpha value is -1.51. The van der Waals surface area contributed by atoms with Crippen molar-refractivity contribution < 1.29 is 4.79 Å². The molecular formula is C16H24N2O. The third-order valence-electron chi connectivity index (χ3n) is 4.00. The quantitative estimate of drug-likeness (QED) is 0.877. The first-order valence-corrected chi connectivity index (χ1v) is 7.34. The first-order chi connectivity index (χ1) is 9.27. The van der Waals surface area contributed by atoms with Crippen LogP contribution in [0.2, 0.25) is 0 Å². The molecule has 3 nitrogen and oxygen atoms in total. The van der Waals surface area contributed by atoms with E-state index in [9.17, 15) is 4.79 Å². The lowest BCUT2D eigenvalue weighted by Gasteiger charge is -2.22. The number of urea groups is 1. The van der Waals surface area contributed by atoms with E-state index in [0.717, 1.165) is 24.6 Å². The van der Waals surface area contributed by atoms with E-state index < -0.39 is 0 Å². The zero-order valence-corrected chi connectivity index (χ0v) is 11.8. The average molecular weight is 260 g/mol. The number of hydrogen-bond acceptors (Lipinski definition) is 1. The molecule has 0 aliphatic heterocycles. The molecule has 3 heteroatoms. The zero-order valence-electron chi connectivity index (χ0n) is 11.8. The largest absolute Gasteiger partial charge is 0.338 e. The van der Waals surface area contributed by atoms with Gasteiger partial charge >= 0.3 is 6.03 Å². The predicted octanol–water partition coefficient (Wildman–Crippen LogP) is 3.80. The molecule has 1 aromatic rings. The number of anilines is 1. The van der Waals surface area contributed by atoms with Gasteiger partial charge in [0.2, 0.25) is 0 Å². The third kappa shape index (κ3) is 4.27. The van der Waals surface area contributed by atoms with Gasteiger partial charge in [0.15, 0.2) is 0 Å². The van der Waals surface area contributed by atoms with E-state index in [2.05, 4.69) is 5.32 Å². The Morgan fingerprint density at radius 3 is 2.58 bits per heavy atom. The molecule has 0 bridgehead atoms. The topological polar surface area (TPSA) is 32.3 Å². The Balaban J connectivity index is 1.72. The lowest BCUT2D eigenvalue weighted by molar-refractivity contribution is 0.245. The van der Waals surface area contributed by atoms with Crippen LogP contribution in [0, 0.1) is 5.92 Å². The molecule has 0 saturated heterocycles. The van der Waals surface area contributed by atoms with E-state index in [1.54, 1.807) is 4.90 Å². The molecule has 0 heterocycles. The minimum absolute atomic E-state index is 0.0120. The highest BCUT2D eigenvalue weighted by molar-refractivity contribution is 5.91. The van der Waals surface area contributed by atoms with Crippen molar-refractivity contribution in [2.45, 2.75) is 38.5 Å². The molecule has 2 amide bonds. The van der Waals surface area contributed by atoms with Gasteiger partial charge in [0.1, 0.15) is 0 Å². The van der Waals surface area contributed by atoms with Crippen LogP contribution in [0.3, 0.4) is 0 Å². The van der Waals surface area contributed by atoms with Crippen molar-refractivity contribution in [3.63, 3.8) is 0 Å². The van der Waals surface area contributed by atoms with E-state index >= 15 is 0 Å². The second-order valence-corrected chi connectivity index (χ2v) is 5.42. The highest BCUT2D eigenvalue weighted by Gasteiger charge is 2.14. The first-order valence-electron chi connectivity index (χ1n) is 7.34. The van der Waals surface area contributed by atoms with Gasteiger partial charge in [-0.3, -0.25) is 4.90 Å². The fourth-order valence-corrected chi connectivity index (χ4v) is 2.75. The molecule has 0 aromatic heterocycles. The molecule has 104 valence electrons. The van der Waals surface area contributed by atoms with Crippen LogP contribution in [0.4, 0.5) is 10.5 Å². The van der Waals surface area contributed by atoms with Crippen LogP contribution in [-0.4, -0.2) is 19.6 Å². The molecule has 1 fully saturated rings. The monoisotopic (exact) mass is 260 g/mol. The Kier molecular flexibility index (Phi) is 5.25. The van der Waals surface area contributed by atoms with Crippen molar-refractivity contribution in [3.05, 3.63) is 30.3 Å². The van der Waals surface area contributed by atoms with Crippen LogP contribution >= 0.6 is 0 Å². The van der Waals surface area contributed by atoms with Crippen LogP contribution in [-0.2, 0) is 0 Å². The minimum Gasteiger partial charge on any atom is -0.338 e. The maximum absolute atomic E-state index is 12.0. The smallest absolute Gasteiger partial charge is 0.321 e. The summed E-state index contributed by atoms with van der Waals surface area (Å²) in [7, 11) is 1.81. The lowest BCUT2D eigenvalue weighted by Crippen LogP contribution is -2.38. The molecule has 1 N–H and O–H groups in total. The van der Waals surface area contributed by atoms with Gasteiger partial charge in [-0.05, 0) is 24.5 Å². The summed E-state index contributed by atoms with van der Waals surface area (Å²) in [6, 6.07) is 9.73. The molecule has 19 heavy (non-hydrogen) atoms. The molecular weight excluding hydrogens is 236 g/mol. The number of benzene rings is 1. The molecule has 1 aliphatic carbocycles. The number of para-hydroxylation sites is 1. The summed E-state index contributed by atoms with van der Waals surface area (Å²) >= 11 is 0. The molecule has 0 atom stereocenters. The van der Waals surface area contributed by atoms with Gasteiger partial charge in [0.05, 0.1) is 0 Å². The first kappa shape index (κ1) is 13.9. The van der Waals surface area contributed by atoms with Gasteiger partial charge in [-0.15, -0.1) is 0 Å². The molecule has 1 aliphatic rings. The lowest BCUT2D eigenvalue weighted by atomic mass is 9.87. The average Bonchev–Trinajstić information content (AvgIpc) is 2.48. The van der Waals surface area contributed by atoms with Crippen LogP contribution in [0.5, 0.6) is 0 Å². The normalized spacial score (nSPS) is 16.1. The van der Waals surface area contributed by atoms with E-state index in [4.69, 9.17) is 0 Å². The molecule has 0 unspecified atom stereocenters. The summed E-state index contributed by atoms with van der Waals surface area (Å²) in [5.74, 6) is 0.816. The second-order valence-electron chi connectivity index (χ2n) is 5.42. The summed E-state index contributed by atoms with van der Waals surface area (Å²) in [5.41, 5.74) is 0.928. The van der Waals surface area contributed by atoms with E-state index in [1.807, 2.05) is 37.4 Å². The molecule has 0 spiro atoms. The number of nitrogens with zero attached hydrogens (tertiary/aromatic N) is 1. The number of rotatable bonds is 4. The number of hydrogen-bond donors (Lipinski definition) is 1. The number of nitrogens with one attached hydrogen (secondary N) is 1. The van der Waals surface area contributed by atoms with Crippen molar-refractivity contribution in [2.75, 3.05) is 18.5 Å². The van der Waals surface area contributed by atoms with Gasteiger partial charge in [-0.2, -0.15) is 0 Å². The Labute approximate surface area is 116 Å². The summed E-state index contributed by atoms with van der Waals surface area (Å²) in [4.78, 5) is 13.7. The third-order valence-corrected chi connectivity index (χ3v) is 4.00. The molecule has 0 radical (unpaired) electrons. The van der Waals surface area contributed by atoms with Crippen molar-refractivity contribution in [1.29, 1.82) is 0 Å². The van der Waals surface area contributed by atoms with Crippen LogP contribution in [0.25, 0.3) is 0 Å². The molecule has 1 saturated carbocycles. The number of carbonyl (C=O) groups excluding carboxylic acids is 1. The highest BCUT2D eigenvalue weighted by Crippen LogP contribution is 2.25. The van der Waals surface area contributed by atoms with Crippen LogP contribution in [0.1, 0.15) is 38.5 Å². The van der Waals surface area contributed by atoms with E-state index in [0.29, 0.717) is 0 Å². The predicted molar refractivity (Wildman–Crippen MR) is 79.4 cm³/mol. The van der Waals surface area contributed by atoms with E-state index in [-0.39, 0.29) is 6.03 Å². The van der Waals surface area contributed by atoms with Crippen molar-refractivity contribution in [3.8, 4) is 0 Å². The fourth-order valence-electron chi connectivity index (χ4n) is 2.75. The Morgan fingerprint density at radius 1 is 1.21 bits per heavy atom. The molecule has 2 rings (SSSR count). The van der Waals surface area contributed by atoms with Gasteiger partial charge in [0, 0.05) is 19.3 Å². The van der Waals surface area contributed by atoms with Gasteiger partial charge in [0.25, 0.3) is 0 Å². The SMILES string of the molecule is CN(C(=O)NCCC1CCCCC1)c1ccccc1. The van der Waals surface area contributed by atoms with Crippen molar-refractivity contribution in [1.82, 2.24) is 5.32 Å². The summed E-state index contributed by atoms with van der Waals surface area (Å²) in [5, 5.41) is 3.02. The van der Waals surface area contributed by atoms with Gasteiger partial charge < -0.3 is 5.32 Å². The minimum atomic E-state index is -0.0120. The number of carbonyl (C=O) groups is 1. The summed E-state index contributed by atoms with van der Waals surface area (Å²) in [6.45, 7) is 0.792.